The summed E-state index contributed by atoms with van der Waals surface area (Å²) in [6.45, 7) is 7.00. The van der Waals surface area contributed by atoms with Gasteiger partial charge in [-0.25, -0.2) is 0 Å². The molecule has 0 spiro atoms. The molecule has 16 heavy (non-hydrogen) atoms. The molecule has 0 N–H and O–H groups in total. The summed E-state index contributed by atoms with van der Waals surface area (Å²) >= 11 is -1.03. The van der Waals surface area contributed by atoms with Crippen molar-refractivity contribution in [1.82, 2.24) is 0 Å². The van der Waals surface area contributed by atoms with Gasteiger partial charge in [0.15, 0.2) is 0 Å². The molecule has 96 valence electrons. The van der Waals surface area contributed by atoms with E-state index < -0.39 is 21.4 Å². The van der Waals surface area contributed by atoms with Crippen molar-refractivity contribution in [3.05, 3.63) is 0 Å². The number of rotatable bonds is 12. The third kappa shape index (κ3) is 11.4. The zero-order valence-corrected chi connectivity index (χ0v) is 15.4. The molecule has 0 nitrogen and oxygen atoms in total. The molecule has 0 saturated carbocycles. The second-order valence-electron chi connectivity index (χ2n) is 5.35. The molecule has 0 bridgehead atoms. The van der Waals surface area contributed by atoms with E-state index in [0.29, 0.717) is 0 Å². The Labute approximate surface area is 112 Å². The fourth-order valence-corrected chi connectivity index (χ4v) is 12.4. The van der Waals surface area contributed by atoms with Gasteiger partial charge >= 0.3 is 113 Å². The molecule has 0 saturated heterocycles. The van der Waals surface area contributed by atoms with Gasteiger partial charge in [0.2, 0.25) is 0 Å². The van der Waals surface area contributed by atoms with Crippen molar-refractivity contribution in [2.45, 2.75) is 91.1 Å². The summed E-state index contributed by atoms with van der Waals surface area (Å²) in [6, 6.07) is 0. The Morgan fingerprint density at radius 2 is 0.812 bits per heavy atom. The summed E-state index contributed by atoms with van der Waals surface area (Å²) < 4.78 is 5.13. The van der Waals surface area contributed by atoms with Gasteiger partial charge in [-0.15, -0.1) is 0 Å². The molecule has 0 aliphatic rings. The second kappa shape index (κ2) is 13.9. The molecule has 0 radical (unpaired) electrons. The molecule has 1 heteroatoms. The zero-order chi connectivity index (χ0) is 12.1. The van der Waals surface area contributed by atoms with Crippen molar-refractivity contribution in [1.29, 1.82) is 0 Å². The van der Waals surface area contributed by atoms with Gasteiger partial charge < -0.3 is 0 Å². The molecule has 0 aliphatic heterocycles. The molecule has 0 fully saturated rings. The van der Waals surface area contributed by atoms with Crippen molar-refractivity contribution < 1.29 is 0 Å². The van der Waals surface area contributed by atoms with Crippen LogP contribution in [0, 0.1) is 0 Å². The first-order chi connectivity index (χ1) is 7.85. The fourth-order valence-electron chi connectivity index (χ4n) is 2.48. The average Bonchev–Trinajstić information content (AvgIpc) is 2.29. The van der Waals surface area contributed by atoms with Crippen LogP contribution in [0.1, 0.15) is 78.6 Å². The molecule has 0 amide bonds. The van der Waals surface area contributed by atoms with Crippen LogP contribution in [-0.4, -0.2) is 21.4 Å². The normalized spacial score (nSPS) is 10.7. The fraction of sp³-hybridized carbons (Fsp3) is 1.00. The zero-order valence-electron chi connectivity index (χ0n) is 12.1. The van der Waals surface area contributed by atoms with E-state index >= 15 is 0 Å². The summed E-state index contributed by atoms with van der Waals surface area (Å²) in [4.78, 5) is 0. The van der Waals surface area contributed by atoms with Crippen LogP contribution in [-0.2, 0) is 0 Å². The Bertz CT molecular complexity index is 98.8. The van der Waals surface area contributed by atoms with Gasteiger partial charge in [-0.2, -0.15) is 0 Å². The SMILES string of the molecule is CCCC[CH2][In]([CH2]CCCC)[CH2]CCCC. The molecule has 0 atom stereocenters. The minimum absolute atomic E-state index is 1.03. The molecule has 0 aromatic carbocycles. The first kappa shape index (κ1) is 16.9. The van der Waals surface area contributed by atoms with Crippen LogP contribution in [0.2, 0.25) is 12.5 Å². The van der Waals surface area contributed by atoms with E-state index in [1.54, 1.807) is 31.8 Å². The van der Waals surface area contributed by atoms with Crippen molar-refractivity contribution in [3.63, 3.8) is 0 Å². The van der Waals surface area contributed by atoms with E-state index in [-0.39, 0.29) is 0 Å². The molecule has 0 aliphatic carbocycles. The summed E-state index contributed by atoms with van der Waals surface area (Å²) in [5, 5.41) is 0. The van der Waals surface area contributed by atoms with Crippen LogP contribution in [0.5, 0.6) is 0 Å². The Hall–Kier alpha value is 0.870. The second-order valence-corrected chi connectivity index (χ2v) is 15.2. The summed E-state index contributed by atoms with van der Waals surface area (Å²) in [5.41, 5.74) is 0. The standard InChI is InChI=1S/3C5H11.In/c3*1-3-5-4-2;/h3*1,3-5H2,2H3;. The first-order valence-corrected chi connectivity index (χ1v) is 14.8. The van der Waals surface area contributed by atoms with Crippen molar-refractivity contribution in [2.24, 2.45) is 0 Å². The average molecular weight is 328 g/mol. The minimum atomic E-state index is -1.03. The quantitative estimate of drug-likeness (QED) is 0.382. The van der Waals surface area contributed by atoms with Crippen molar-refractivity contribution in [2.75, 3.05) is 0 Å². The maximum absolute atomic E-state index is 2.33. The Kier molecular flexibility index (Phi) is 14.7. The van der Waals surface area contributed by atoms with Crippen LogP contribution in [0.4, 0.5) is 0 Å². The molecule has 0 rings (SSSR count). The predicted octanol–water partition coefficient (Wildman–Crippen LogP) is 6.05. The van der Waals surface area contributed by atoms with Gasteiger partial charge in [0, 0.05) is 0 Å². The van der Waals surface area contributed by atoms with Gasteiger partial charge in [-0.1, -0.05) is 0 Å². The van der Waals surface area contributed by atoms with E-state index in [1.807, 2.05) is 0 Å². The van der Waals surface area contributed by atoms with Gasteiger partial charge in [0.05, 0.1) is 0 Å². The Balaban J connectivity index is 3.58. The molecule has 0 aromatic rings. The third-order valence-electron chi connectivity index (χ3n) is 3.65. The van der Waals surface area contributed by atoms with Crippen LogP contribution in [0.15, 0.2) is 0 Å². The first-order valence-electron chi connectivity index (χ1n) is 7.85. The molecular formula is C15H33In. The van der Waals surface area contributed by atoms with Crippen molar-refractivity contribution >= 4 is 21.4 Å². The third-order valence-corrected chi connectivity index (χ3v) is 14.1. The topological polar surface area (TPSA) is 0 Å². The van der Waals surface area contributed by atoms with Gasteiger partial charge in [-0.3, -0.25) is 0 Å². The molecular weight excluding hydrogens is 295 g/mol. The maximum atomic E-state index is 2.33. The predicted molar refractivity (Wildman–Crippen MR) is 78.8 cm³/mol. The van der Waals surface area contributed by atoms with Gasteiger partial charge in [-0.05, 0) is 0 Å². The van der Waals surface area contributed by atoms with E-state index in [9.17, 15) is 0 Å². The Morgan fingerprint density at radius 3 is 1.06 bits per heavy atom. The molecule has 0 unspecified atom stereocenters. The summed E-state index contributed by atoms with van der Waals surface area (Å²) in [7, 11) is 0. The molecule has 0 heterocycles. The number of hydrogen-bond donors (Lipinski definition) is 0. The van der Waals surface area contributed by atoms with Crippen LogP contribution in [0.25, 0.3) is 0 Å². The number of unbranched alkanes of at least 4 members (excludes halogenated alkanes) is 6. The van der Waals surface area contributed by atoms with Crippen LogP contribution < -0.4 is 0 Å². The van der Waals surface area contributed by atoms with E-state index in [2.05, 4.69) is 20.8 Å². The number of hydrogen-bond acceptors (Lipinski definition) is 0. The summed E-state index contributed by atoms with van der Waals surface area (Å²) in [6.07, 6.45) is 13.4. The van der Waals surface area contributed by atoms with E-state index in [4.69, 9.17) is 0 Å². The van der Waals surface area contributed by atoms with E-state index in [0.717, 1.165) is 0 Å². The van der Waals surface area contributed by atoms with E-state index in [1.165, 1.54) is 38.5 Å². The van der Waals surface area contributed by atoms with Crippen LogP contribution in [0.3, 0.4) is 0 Å². The summed E-state index contributed by atoms with van der Waals surface area (Å²) in [5.74, 6) is 0. The van der Waals surface area contributed by atoms with Gasteiger partial charge in [0.1, 0.15) is 0 Å². The van der Waals surface area contributed by atoms with Crippen molar-refractivity contribution in [3.8, 4) is 0 Å². The van der Waals surface area contributed by atoms with Crippen LogP contribution >= 0.6 is 0 Å². The molecule has 0 aromatic heterocycles. The monoisotopic (exact) mass is 328 g/mol. The van der Waals surface area contributed by atoms with Gasteiger partial charge in [0.25, 0.3) is 0 Å². The Morgan fingerprint density at radius 1 is 0.500 bits per heavy atom.